The first kappa shape index (κ1) is 20.7. The molecular formula is C31H52O3. The van der Waals surface area contributed by atoms with Crippen molar-refractivity contribution in [3.8, 4) is 11.5 Å². The molecule has 0 radical (unpaired) electrons. The first-order valence-corrected chi connectivity index (χ1v) is 13.4. The van der Waals surface area contributed by atoms with Gasteiger partial charge in [-0.2, -0.15) is 0 Å². The van der Waals surface area contributed by atoms with Gasteiger partial charge < -0.3 is 9.47 Å². The van der Waals surface area contributed by atoms with E-state index in [1.54, 1.807) is 0 Å². The lowest BCUT2D eigenvalue weighted by Crippen LogP contribution is -2.37. The highest BCUT2D eigenvalue weighted by Crippen LogP contribution is 2.45. The molecule has 3 atom stereocenters. The van der Waals surface area contributed by atoms with E-state index in [1.165, 1.54) is 52.4 Å². The number of carbonyl (C=O) groups excluding carboxylic acids is 1. The molecule has 1 heterocycles. The van der Waals surface area contributed by atoms with Crippen LogP contribution in [0.4, 0.5) is 0 Å². The lowest BCUT2D eigenvalue weighted by molar-refractivity contribution is -0.132. The molecule has 0 spiro atoms. The van der Waals surface area contributed by atoms with Gasteiger partial charge in [-0.05, 0) is 87.7 Å². The van der Waals surface area contributed by atoms with Gasteiger partial charge in [0.25, 0.3) is 0 Å². The van der Waals surface area contributed by atoms with Crippen molar-refractivity contribution in [1.29, 1.82) is 0 Å². The monoisotopic (exact) mass is 478 g/mol. The maximum Gasteiger partial charge on any atom is 0.308 e. The van der Waals surface area contributed by atoms with Crippen LogP contribution in [0, 0.1) is 38.4 Å². The molecular weight excluding hydrogens is 420 g/mol. The highest BCUT2D eigenvalue weighted by Gasteiger charge is 2.34. The number of hydrogen-bond acceptors (Lipinski definition) is 3. The van der Waals surface area contributed by atoms with Crippen molar-refractivity contribution >= 4 is 5.97 Å². The molecule has 0 amide bonds. The number of esters is 1. The van der Waals surface area contributed by atoms with Gasteiger partial charge >= 0.3 is 5.97 Å². The van der Waals surface area contributed by atoms with Gasteiger partial charge in [0.05, 0.1) is 0 Å². The van der Waals surface area contributed by atoms with Gasteiger partial charge in [-0.3, -0.25) is 4.79 Å². The van der Waals surface area contributed by atoms with Crippen LogP contribution in [-0.2, 0) is 11.2 Å². The minimum atomic E-state index is -2.59. The third kappa shape index (κ3) is 8.31. The zero-order chi connectivity index (χ0) is 30.5. The molecule has 1 aliphatic heterocycles. The second-order valence-electron chi connectivity index (χ2n) is 11.5. The lowest BCUT2D eigenvalue weighted by atomic mass is 9.83. The Balaban J connectivity index is 2.12. The Morgan fingerprint density at radius 2 is 1.56 bits per heavy atom. The maximum atomic E-state index is 11.8. The first-order chi connectivity index (χ1) is 18.4. The van der Waals surface area contributed by atoms with Crippen LogP contribution in [-0.4, -0.2) is 11.6 Å². The molecule has 1 aromatic carbocycles. The van der Waals surface area contributed by atoms with Crippen molar-refractivity contribution in [3.63, 3.8) is 0 Å². The largest absolute Gasteiger partial charge is 0.487 e. The molecule has 0 unspecified atom stereocenters. The summed E-state index contributed by atoms with van der Waals surface area (Å²) in [6.07, 6.45) is 11.4. The average molecular weight is 479 g/mol. The van der Waals surface area contributed by atoms with E-state index in [1.807, 2.05) is 6.92 Å². The average Bonchev–Trinajstić information content (AvgIpc) is 2.77. The number of ether oxygens (including phenoxy) is 2. The van der Waals surface area contributed by atoms with Gasteiger partial charge in [-0.15, -0.1) is 0 Å². The van der Waals surface area contributed by atoms with Crippen LogP contribution in [0.5, 0.6) is 11.5 Å². The van der Waals surface area contributed by atoms with E-state index >= 15 is 0 Å². The summed E-state index contributed by atoms with van der Waals surface area (Å²) in [6.45, 7) is 8.76. The van der Waals surface area contributed by atoms with Crippen molar-refractivity contribution in [2.75, 3.05) is 0 Å². The summed E-state index contributed by atoms with van der Waals surface area (Å²) < 4.78 is 60.9. The molecule has 0 bridgehead atoms. The van der Waals surface area contributed by atoms with Crippen molar-refractivity contribution in [2.24, 2.45) is 17.8 Å². The summed E-state index contributed by atoms with van der Waals surface area (Å²) in [6, 6.07) is 0. The second kappa shape index (κ2) is 13.0. The van der Waals surface area contributed by atoms with Gasteiger partial charge in [-0.1, -0.05) is 72.6 Å². The third-order valence-corrected chi connectivity index (χ3v) is 7.52. The fourth-order valence-corrected chi connectivity index (χ4v) is 5.16. The summed E-state index contributed by atoms with van der Waals surface area (Å²) in [5.74, 6) is 1.43. The predicted octanol–water partition coefficient (Wildman–Crippen LogP) is 9.06. The van der Waals surface area contributed by atoms with Crippen molar-refractivity contribution in [1.82, 2.24) is 0 Å². The maximum absolute atomic E-state index is 11.8. The molecule has 0 aromatic heterocycles. The van der Waals surface area contributed by atoms with E-state index in [0.29, 0.717) is 24.3 Å². The molecule has 1 aliphatic rings. The molecule has 3 heteroatoms. The molecule has 0 fully saturated rings. The minimum absolute atomic E-state index is 0.0615. The summed E-state index contributed by atoms with van der Waals surface area (Å²) in [7, 11) is 0. The highest BCUT2D eigenvalue weighted by molar-refractivity contribution is 5.72. The van der Waals surface area contributed by atoms with E-state index in [4.69, 9.17) is 17.7 Å². The number of benzene rings is 1. The van der Waals surface area contributed by atoms with E-state index in [-0.39, 0.29) is 28.2 Å². The Bertz CT molecular complexity index is 999. The molecule has 34 heavy (non-hydrogen) atoms. The summed E-state index contributed by atoms with van der Waals surface area (Å²) >= 11 is 0. The number of carbonyl (C=O) groups is 1. The van der Waals surface area contributed by atoms with E-state index in [2.05, 4.69) is 27.7 Å². The van der Waals surface area contributed by atoms with Crippen molar-refractivity contribution in [3.05, 3.63) is 22.3 Å². The summed E-state index contributed by atoms with van der Waals surface area (Å²) in [5, 5.41) is 0. The van der Waals surface area contributed by atoms with Gasteiger partial charge in [0.1, 0.15) is 17.1 Å². The standard InChI is InChI=1S/C31H52O3/c1-21(2)13-10-14-22(3)15-11-16-23(4)17-12-19-31(9)20-18-28-26(7)29(33-27(8)32)24(5)25(6)30(28)34-31/h21-23H,10-20H2,1-9H3/t22-,23-,31-/m0/s1/i6D3,7D3. The second-order valence-corrected chi connectivity index (χ2v) is 11.5. The van der Waals surface area contributed by atoms with Crippen molar-refractivity contribution < 1.29 is 22.5 Å². The van der Waals surface area contributed by atoms with Crippen LogP contribution >= 0.6 is 0 Å². The zero-order valence-corrected chi connectivity index (χ0v) is 22.7. The van der Waals surface area contributed by atoms with Crippen LogP contribution in [0.2, 0.25) is 0 Å². The smallest absolute Gasteiger partial charge is 0.308 e. The Hall–Kier alpha value is -1.51. The summed E-state index contributed by atoms with van der Waals surface area (Å²) in [4.78, 5) is 11.8. The third-order valence-electron chi connectivity index (χ3n) is 7.52. The Labute approximate surface area is 218 Å². The Morgan fingerprint density at radius 3 is 2.12 bits per heavy atom. The van der Waals surface area contributed by atoms with Gasteiger partial charge in [0, 0.05) is 20.7 Å². The molecule has 0 saturated carbocycles. The fraction of sp³-hybridized carbons (Fsp3) is 0.774. The number of rotatable bonds is 13. The molecule has 3 nitrogen and oxygen atoms in total. The fourth-order valence-electron chi connectivity index (χ4n) is 5.16. The van der Waals surface area contributed by atoms with Gasteiger partial charge in [0.15, 0.2) is 0 Å². The van der Waals surface area contributed by atoms with Crippen LogP contribution < -0.4 is 9.47 Å². The molecule has 0 saturated heterocycles. The quantitative estimate of drug-likeness (QED) is 0.209. The topological polar surface area (TPSA) is 35.5 Å². The number of fused-ring (bicyclic) bond motifs is 1. The molecule has 0 aliphatic carbocycles. The Morgan fingerprint density at radius 1 is 0.971 bits per heavy atom. The molecule has 194 valence electrons. The lowest BCUT2D eigenvalue weighted by Gasteiger charge is -2.38. The first-order valence-electron chi connectivity index (χ1n) is 16.4. The van der Waals surface area contributed by atoms with E-state index in [9.17, 15) is 4.79 Å². The van der Waals surface area contributed by atoms with Crippen LogP contribution in [0.1, 0.15) is 136 Å². The molecule has 1 aromatic rings. The SMILES string of the molecule is [2H]C([2H])([2H])c1c(C)c(OC(C)=O)c(C([2H])([2H])[2H])c2c1O[C@@](C)(CCC[C@@H](C)CCC[C@@H](C)CCCC(C)C)CC2. The van der Waals surface area contributed by atoms with E-state index < -0.39 is 25.3 Å². The molecule has 0 N–H and O–H groups in total. The highest BCUT2D eigenvalue weighted by atomic mass is 16.5. The zero-order valence-electron chi connectivity index (χ0n) is 28.7. The molecule has 2 rings (SSSR count). The summed E-state index contributed by atoms with van der Waals surface area (Å²) in [5.41, 5.74) is -0.331. The predicted molar refractivity (Wildman–Crippen MR) is 144 cm³/mol. The normalized spacial score (nSPS) is 22.8. The number of hydrogen-bond donors (Lipinski definition) is 0. The van der Waals surface area contributed by atoms with Gasteiger partial charge in [0.2, 0.25) is 0 Å². The van der Waals surface area contributed by atoms with Gasteiger partial charge in [-0.25, -0.2) is 0 Å². The minimum Gasteiger partial charge on any atom is -0.487 e. The van der Waals surface area contributed by atoms with Crippen LogP contribution in [0.15, 0.2) is 0 Å². The van der Waals surface area contributed by atoms with Crippen LogP contribution in [0.3, 0.4) is 0 Å². The van der Waals surface area contributed by atoms with E-state index in [0.717, 1.165) is 31.1 Å². The van der Waals surface area contributed by atoms with Crippen LogP contribution in [0.25, 0.3) is 0 Å². The Kier molecular flexibility index (Phi) is 7.89. The van der Waals surface area contributed by atoms with Crippen molar-refractivity contribution in [2.45, 2.75) is 138 Å².